The monoisotopic (exact) mass is 315 g/mol. The minimum Gasteiger partial charge on any atom is -0.327 e. The maximum Gasteiger partial charge on any atom is 0.133 e. The highest BCUT2D eigenvalue weighted by Crippen LogP contribution is 2.66. The first-order valence-corrected chi connectivity index (χ1v) is 9.82. The molecule has 0 radical (unpaired) electrons. The van der Waals surface area contributed by atoms with E-state index in [4.69, 9.17) is 5.73 Å². The van der Waals surface area contributed by atoms with E-state index in [0.717, 1.165) is 30.6 Å². The molecule has 7 atom stereocenters. The van der Waals surface area contributed by atoms with Gasteiger partial charge in [-0.15, -0.1) is 0 Å². The minimum atomic E-state index is 0.278. The molecule has 0 amide bonds. The number of rotatable bonds is 1. The molecule has 0 aromatic heterocycles. The first kappa shape index (κ1) is 15.9. The number of allylic oxidation sites excluding steroid dienone is 1. The van der Waals surface area contributed by atoms with Crippen LogP contribution in [0, 0.1) is 34.5 Å². The molecule has 0 aliphatic heterocycles. The normalized spacial score (nSPS) is 52.2. The molecule has 4 rings (SSSR count). The van der Waals surface area contributed by atoms with Gasteiger partial charge in [0.05, 0.1) is 0 Å². The molecular weight excluding hydrogens is 282 g/mol. The van der Waals surface area contributed by atoms with Crippen molar-refractivity contribution in [2.24, 2.45) is 40.2 Å². The highest BCUT2D eigenvalue weighted by atomic mass is 16.1. The van der Waals surface area contributed by atoms with Crippen molar-refractivity contribution in [3.8, 4) is 0 Å². The van der Waals surface area contributed by atoms with Crippen LogP contribution in [0.3, 0.4) is 0 Å². The summed E-state index contributed by atoms with van der Waals surface area (Å²) >= 11 is 0. The van der Waals surface area contributed by atoms with E-state index in [1.807, 2.05) is 6.92 Å². The molecule has 4 aliphatic carbocycles. The second kappa shape index (κ2) is 5.18. The molecular formula is C21H33NO. The standard InChI is InChI=1S/C21H33NO/c1-13(23)17-6-7-18-16-5-4-14-12-15(22)8-10-20(14,2)19(16)9-11-21(17,18)3/h4,15-19H,5-12,22H2,1-3H3/t15-,16?,17?,18?,19?,20-,21+/m0/s1. The van der Waals surface area contributed by atoms with Gasteiger partial charge in [-0.25, -0.2) is 0 Å². The molecule has 4 aliphatic rings. The smallest absolute Gasteiger partial charge is 0.133 e. The van der Waals surface area contributed by atoms with Crippen molar-refractivity contribution in [2.45, 2.75) is 78.2 Å². The second-order valence-electron chi connectivity index (χ2n) is 9.55. The highest BCUT2D eigenvalue weighted by Gasteiger charge is 2.59. The van der Waals surface area contributed by atoms with Crippen molar-refractivity contribution in [2.75, 3.05) is 0 Å². The predicted molar refractivity (Wildman–Crippen MR) is 93.8 cm³/mol. The lowest BCUT2D eigenvalue weighted by Crippen LogP contribution is -2.51. The molecule has 2 N–H and O–H groups in total. The number of carbonyl (C=O) groups is 1. The molecule has 2 nitrogen and oxygen atoms in total. The van der Waals surface area contributed by atoms with Gasteiger partial charge in [0.25, 0.3) is 0 Å². The van der Waals surface area contributed by atoms with Crippen molar-refractivity contribution in [3.63, 3.8) is 0 Å². The third-order valence-electron chi connectivity index (χ3n) is 8.63. The van der Waals surface area contributed by atoms with Gasteiger partial charge in [0.2, 0.25) is 0 Å². The zero-order valence-electron chi connectivity index (χ0n) is 15.1. The summed E-state index contributed by atoms with van der Waals surface area (Å²) in [6.45, 7) is 6.79. The van der Waals surface area contributed by atoms with Gasteiger partial charge in [-0.05, 0) is 86.9 Å². The van der Waals surface area contributed by atoms with Crippen molar-refractivity contribution in [1.29, 1.82) is 0 Å². The first-order chi connectivity index (χ1) is 10.9. The summed E-state index contributed by atoms with van der Waals surface area (Å²) in [6.07, 6.45) is 12.4. The van der Waals surface area contributed by atoms with E-state index < -0.39 is 0 Å². The molecule has 0 aromatic carbocycles. The van der Waals surface area contributed by atoms with Crippen LogP contribution in [0.5, 0.6) is 0 Å². The van der Waals surface area contributed by atoms with Crippen LogP contribution in [-0.4, -0.2) is 11.8 Å². The number of fused-ring (bicyclic) bond motifs is 5. The van der Waals surface area contributed by atoms with E-state index in [0.29, 0.717) is 23.2 Å². The molecule has 0 spiro atoms. The fourth-order valence-electron chi connectivity index (χ4n) is 7.36. The predicted octanol–water partition coefficient (Wildman–Crippen LogP) is 4.48. The number of carbonyl (C=O) groups excluding carboxylic acids is 1. The highest BCUT2D eigenvalue weighted by molar-refractivity contribution is 5.79. The van der Waals surface area contributed by atoms with E-state index in [1.165, 1.54) is 38.5 Å². The summed E-state index contributed by atoms with van der Waals surface area (Å²) in [5.41, 5.74) is 8.59. The van der Waals surface area contributed by atoms with Gasteiger partial charge in [-0.2, -0.15) is 0 Å². The maximum absolute atomic E-state index is 12.2. The average molecular weight is 316 g/mol. The average Bonchev–Trinajstić information content (AvgIpc) is 2.85. The fourth-order valence-corrected chi connectivity index (χ4v) is 7.36. The Kier molecular flexibility index (Phi) is 3.58. The number of ketones is 1. The van der Waals surface area contributed by atoms with Gasteiger partial charge in [0, 0.05) is 12.0 Å². The summed E-state index contributed by atoms with van der Waals surface area (Å²) in [5.74, 6) is 3.17. The third kappa shape index (κ3) is 2.13. The lowest BCUT2D eigenvalue weighted by molar-refractivity contribution is -0.127. The van der Waals surface area contributed by atoms with Crippen LogP contribution in [-0.2, 0) is 4.79 Å². The minimum absolute atomic E-state index is 0.278. The summed E-state index contributed by atoms with van der Waals surface area (Å²) in [5, 5.41) is 0. The number of nitrogens with two attached hydrogens (primary N) is 1. The van der Waals surface area contributed by atoms with Crippen LogP contribution in [0.15, 0.2) is 11.6 Å². The largest absolute Gasteiger partial charge is 0.327 e. The lowest BCUT2D eigenvalue weighted by atomic mass is 9.47. The molecule has 4 unspecified atom stereocenters. The zero-order valence-corrected chi connectivity index (χ0v) is 15.1. The van der Waals surface area contributed by atoms with Gasteiger partial charge >= 0.3 is 0 Å². The molecule has 0 aromatic rings. The van der Waals surface area contributed by atoms with Crippen molar-refractivity contribution in [3.05, 3.63) is 11.6 Å². The molecule has 0 heterocycles. The van der Waals surface area contributed by atoms with E-state index in [2.05, 4.69) is 19.9 Å². The molecule has 128 valence electrons. The van der Waals surface area contributed by atoms with Crippen LogP contribution in [0.4, 0.5) is 0 Å². The van der Waals surface area contributed by atoms with Gasteiger partial charge in [-0.1, -0.05) is 25.5 Å². The van der Waals surface area contributed by atoms with Gasteiger partial charge in [0.15, 0.2) is 0 Å². The van der Waals surface area contributed by atoms with E-state index in [9.17, 15) is 4.79 Å². The van der Waals surface area contributed by atoms with E-state index in [-0.39, 0.29) is 5.41 Å². The van der Waals surface area contributed by atoms with Crippen LogP contribution < -0.4 is 5.73 Å². The van der Waals surface area contributed by atoms with Crippen molar-refractivity contribution < 1.29 is 4.79 Å². The summed E-state index contributed by atoms with van der Waals surface area (Å²) in [7, 11) is 0. The van der Waals surface area contributed by atoms with Crippen LogP contribution in [0.25, 0.3) is 0 Å². The van der Waals surface area contributed by atoms with Crippen LogP contribution >= 0.6 is 0 Å². The van der Waals surface area contributed by atoms with Crippen LogP contribution in [0.1, 0.15) is 72.1 Å². The Hall–Kier alpha value is -0.630. The quantitative estimate of drug-likeness (QED) is 0.725. The van der Waals surface area contributed by atoms with E-state index in [1.54, 1.807) is 5.57 Å². The van der Waals surface area contributed by atoms with Gasteiger partial charge in [0.1, 0.15) is 5.78 Å². The molecule has 23 heavy (non-hydrogen) atoms. The molecule has 3 fully saturated rings. The lowest BCUT2D eigenvalue weighted by Gasteiger charge is -2.58. The van der Waals surface area contributed by atoms with Gasteiger partial charge in [-0.3, -0.25) is 4.79 Å². The van der Waals surface area contributed by atoms with Crippen LogP contribution in [0.2, 0.25) is 0 Å². The Bertz CT molecular complexity index is 552. The summed E-state index contributed by atoms with van der Waals surface area (Å²) < 4.78 is 0. The molecule has 0 bridgehead atoms. The summed E-state index contributed by atoms with van der Waals surface area (Å²) in [6, 6.07) is 0.383. The zero-order chi connectivity index (χ0) is 16.4. The molecule has 0 saturated heterocycles. The third-order valence-corrected chi connectivity index (χ3v) is 8.63. The Labute approximate surface area is 141 Å². The topological polar surface area (TPSA) is 43.1 Å². The Balaban J connectivity index is 1.66. The number of Topliss-reactive ketones (excluding diaryl/α,β-unsaturated/α-hetero) is 1. The Morgan fingerprint density at radius 3 is 2.65 bits per heavy atom. The molecule has 3 saturated carbocycles. The van der Waals surface area contributed by atoms with Gasteiger partial charge < -0.3 is 5.73 Å². The number of hydrogen-bond donors (Lipinski definition) is 1. The SMILES string of the molecule is CC(=O)C1CCC2C3CC=C4C[C@@H](N)CC[C@]4(C)C3CC[C@]12C. The fraction of sp³-hybridized carbons (Fsp3) is 0.857. The maximum atomic E-state index is 12.2. The van der Waals surface area contributed by atoms with Crippen molar-refractivity contribution in [1.82, 2.24) is 0 Å². The van der Waals surface area contributed by atoms with Crippen molar-refractivity contribution >= 4 is 5.78 Å². The number of hydrogen-bond acceptors (Lipinski definition) is 2. The second-order valence-corrected chi connectivity index (χ2v) is 9.55. The molecule has 2 heteroatoms. The van der Waals surface area contributed by atoms with E-state index >= 15 is 0 Å². The summed E-state index contributed by atoms with van der Waals surface area (Å²) in [4.78, 5) is 12.2. The Morgan fingerprint density at radius 1 is 1.13 bits per heavy atom. The first-order valence-electron chi connectivity index (χ1n) is 9.82. The Morgan fingerprint density at radius 2 is 1.91 bits per heavy atom.